The van der Waals surface area contributed by atoms with Crippen LogP contribution in [0.25, 0.3) is 0 Å². The van der Waals surface area contributed by atoms with Gasteiger partial charge in [-0.05, 0) is 13.8 Å². The summed E-state index contributed by atoms with van der Waals surface area (Å²) in [5.74, 6) is 0. The summed E-state index contributed by atoms with van der Waals surface area (Å²) in [6.45, 7) is 3.83. The minimum atomic E-state index is 0.126. The van der Waals surface area contributed by atoms with Crippen LogP contribution in [0.4, 0.5) is 0 Å². The van der Waals surface area contributed by atoms with Crippen molar-refractivity contribution >= 4 is 0 Å². The molecular weight excluding hydrogens is 100 g/mol. The molecule has 0 spiro atoms. The second kappa shape index (κ2) is 3.64. The molecule has 4 N–H and O–H groups in total. The zero-order valence-electron chi connectivity index (χ0n) is 5.46. The van der Waals surface area contributed by atoms with Crippen molar-refractivity contribution in [2.45, 2.75) is 25.9 Å². The third kappa shape index (κ3) is 5.66. The van der Waals surface area contributed by atoms with Gasteiger partial charge in [0.15, 0.2) is 0 Å². The molecule has 0 aliphatic carbocycles. The Kier molecular flexibility index (Phi) is 3.48. The van der Waals surface area contributed by atoms with Crippen molar-refractivity contribution in [1.82, 2.24) is 0 Å². The lowest BCUT2D eigenvalue weighted by Crippen LogP contribution is -2.15. The molecule has 2 heteroatoms. The van der Waals surface area contributed by atoms with Crippen LogP contribution in [0, 0.1) is 0 Å². The van der Waals surface area contributed by atoms with Gasteiger partial charge in [-0.25, -0.2) is 0 Å². The van der Waals surface area contributed by atoms with Crippen LogP contribution in [0.3, 0.4) is 0 Å². The maximum atomic E-state index is 5.40. The smallest absolute Gasteiger partial charge is 0.0195 e. The fourth-order valence-electron chi connectivity index (χ4n) is 0.351. The molecule has 2 atom stereocenters. The monoisotopic (exact) mass is 114 g/mol. The Morgan fingerprint density at radius 1 is 1.00 bits per heavy atom. The maximum absolute atomic E-state index is 5.40. The van der Waals surface area contributed by atoms with E-state index in [0.717, 1.165) is 0 Å². The van der Waals surface area contributed by atoms with E-state index >= 15 is 0 Å². The highest BCUT2D eigenvalue weighted by atomic mass is 14.6. The molecule has 0 aromatic heterocycles. The molecule has 48 valence electrons. The van der Waals surface area contributed by atoms with E-state index in [1.165, 1.54) is 0 Å². The summed E-state index contributed by atoms with van der Waals surface area (Å²) in [5, 5.41) is 0. The van der Waals surface area contributed by atoms with Gasteiger partial charge in [0.25, 0.3) is 0 Å². The summed E-state index contributed by atoms with van der Waals surface area (Å²) >= 11 is 0. The molecule has 0 radical (unpaired) electrons. The van der Waals surface area contributed by atoms with Gasteiger partial charge in [0.05, 0.1) is 0 Å². The molecule has 0 rings (SSSR count). The summed E-state index contributed by atoms with van der Waals surface area (Å²) in [4.78, 5) is 0. The average molecular weight is 114 g/mol. The molecule has 2 nitrogen and oxygen atoms in total. The standard InChI is InChI=1S/C6H14N2/c1-5(7)3-4-6(2)8/h3-6H,7-8H2,1-2H3. The largest absolute Gasteiger partial charge is 0.325 e. The summed E-state index contributed by atoms with van der Waals surface area (Å²) in [7, 11) is 0. The van der Waals surface area contributed by atoms with Gasteiger partial charge in [0.1, 0.15) is 0 Å². The van der Waals surface area contributed by atoms with Crippen LogP contribution in [-0.2, 0) is 0 Å². The van der Waals surface area contributed by atoms with Crippen molar-refractivity contribution in [3.8, 4) is 0 Å². The Labute approximate surface area is 50.6 Å². The highest BCUT2D eigenvalue weighted by Gasteiger charge is 1.85. The molecule has 0 amide bonds. The van der Waals surface area contributed by atoms with Gasteiger partial charge in [-0.15, -0.1) is 0 Å². The first-order valence-corrected chi connectivity index (χ1v) is 2.82. The molecule has 0 fully saturated rings. The van der Waals surface area contributed by atoms with Gasteiger partial charge in [-0.3, -0.25) is 0 Å². The molecule has 0 aromatic rings. The molecule has 2 unspecified atom stereocenters. The second-order valence-electron chi connectivity index (χ2n) is 2.10. The molecule has 8 heavy (non-hydrogen) atoms. The lowest BCUT2D eigenvalue weighted by molar-refractivity contribution is 0.877. The predicted molar refractivity (Wildman–Crippen MR) is 36.4 cm³/mol. The summed E-state index contributed by atoms with van der Waals surface area (Å²) < 4.78 is 0. The Hall–Kier alpha value is -0.340. The van der Waals surface area contributed by atoms with Gasteiger partial charge >= 0.3 is 0 Å². The number of rotatable bonds is 2. The topological polar surface area (TPSA) is 52.0 Å². The Balaban J connectivity index is 3.34. The van der Waals surface area contributed by atoms with E-state index in [9.17, 15) is 0 Å². The van der Waals surface area contributed by atoms with Crippen LogP contribution >= 0.6 is 0 Å². The van der Waals surface area contributed by atoms with Gasteiger partial charge in [-0.2, -0.15) is 0 Å². The molecule has 0 saturated heterocycles. The van der Waals surface area contributed by atoms with E-state index in [1.54, 1.807) is 0 Å². The summed E-state index contributed by atoms with van der Waals surface area (Å²) in [6, 6.07) is 0.252. The predicted octanol–water partition coefficient (Wildman–Crippen LogP) is 0.237. The molecule has 0 saturated carbocycles. The van der Waals surface area contributed by atoms with Crippen LogP contribution in [0.5, 0.6) is 0 Å². The Morgan fingerprint density at radius 3 is 1.38 bits per heavy atom. The first-order chi connectivity index (χ1) is 3.63. The fraction of sp³-hybridized carbons (Fsp3) is 0.667. The number of hydrogen-bond acceptors (Lipinski definition) is 2. The van der Waals surface area contributed by atoms with Crippen molar-refractivity contribution in [1.29, 1.82) is 0 Å². The van der Waals surface area contributed by atoms with Crippen molar-refractivity contribution in [2.75, 3.05) is 0 Å². The van der Waals surface area contributed by atoms with Crippen LogP contribution in [0.1, 0.15) is 13.8 Å². The van der Waals surface area contributed by atoms with Crippen molar-refractivity contribution < 1.29 is 0 Å². The van der Waals surface area contributed by atoms with E-state index in [-0.39, 0.29) is 12.1 Å². The van der Waals surface area contributed by atoms with Gasteiger partial charge < -0.3 is 11.5 Å². The number of nitrogens with two attached hydrogens (primary N) is 2. The van der Waals surface area contributed by atoms with E-state index in [4.69, 9.17) is 11.5 Å². The summed E-state index contributed by atoms with van der Waals surface area (Å²) in [6.07, 6.45) is 3.79. The van der Waals surface area contributed by atoms with E-state index < -0.39 is 0 Å². The second-order valence-corrected chi connectivity index (χ2v) is 2.10. The van der Waals surface area contributed by atoms with Gasteiger partial charge in [-0.1, -0.05) is 12.2 Å². The quantitative estimate of drug-likeness (QED) is 0.505. The molecule has 0 aliphatic rings. The first kappa shape index (κ1) is 7.66. The first-order valence-electron chi connectivity index (χ1n) is 2.82. The van der Waals surface area contributed by atoms with Crippen LogP contribution in [-0.4, -0.2) is 12.1 Å². The van der Waals surface area contributed by atoms with Crippen LogP contribution in [0.15, 0.2) is 12.2 Å². The SMILES string of the molecule is CC(N)C=CC(C)N. The van der Waals surface area contributed by atoms with E-state index in [2.05, 4.69) is 0 Å². The van der Waals surface area contributed by atoms with E-state index in [0.29, 0.717) is 0 Å². The third-order valence-electron chi connectivity index (χ3n) is 0.718. The minimum absolute atomic E-state index is 0.126. The molecule has 0 aliphatic heterocycles. The zero-order valence-corrected chi connectivity index (χ0v) is 5.46. The van der Waals surface area contributed by atoms with Crippen LogP contribution in [0.2, 0.25) is 0 Å². The lowest BCUT2D eigenvalue weighted by atomic mass is 10.2. The maximum Gasteiger partial charge on any atom is 0.0195 e. The highest BCUT2D eigenvalue weighted by Crippen LogP contribution is 1.81. The molecular formula is C6H14N2. The zero-order chi connectivity index (χ0) is 6.57. The number of hydrogen-bond donors (Lipinski definition) is 2. The molecule has 0 bridgehead atoms. The minimum Gasteiger partial charge on any atom is -0.325 e. The Bertz CT molecular complexity index is 64.6. The Morgan fingerprint density at radius 2 is 1.25 bits per heavy atom. The van der Waals surface area contributed by atoms with Crippen molar-refractivity contribution in [2.24, 2.45) is 11.5 Å². The van der Waals surface area contributed by atoms with Crippen molar-refractivity contribution in [3.63, 3.8) is 0 Å². The normalized spacial score (nSPS) is 19.0. The van der Waals surface area contributed by atoms with E-state index in [1.807, 2.05) is 26.0 Å². The van der Waals surface area contributed by atoms with Gasteiger partial charge in [0, 0.05) is 12.1 Å². The molecule has 0 heterocycles. The van der Waals surface area contributed by atoms with Crippen molar-refractivity contribution in [3.05, 3.63) is 12.2 Å². The average Bonchev–Trinajstić information content (AvgIpc) is 1.61. The highest BCUT2D eigenvalue weighted by molar-refractivity contribution is 4.93. The third-order valence-corrected chi connectivity index (χ3v) is 0.718. The fourth-order valence-corrected chi connectivity index (χ4v) is 0.351. The molecule has 0 aromatic carbocycles. The lowest BCUT2D eigenvalue weighted by Gasteiger charge is -1.96. The van der Waals surface area contributed by atoms with Gasteiger partial charge in [0.2, 0.25) is 0 Å². The van der Waals surface area contributed by atoms with Crippen LogP contribution < -0.4 is 11.5 Å². The summed E-state index contributed by atoms with van der Waals surface area (Å²) in [5.41, 5.74) is 10.8.